The minimum Gasteiger partial charge on any atom is -0.497 e. The molecular formula is C15H13BrClNO3. The third-order valence-corrected chi connectivity index (χ3v) is 4.15. The maximum Gasteiger partial charge on any atom is 0.257 e. The molecule has 2 aromatic rings. The number of halogens is 2. The molecule has 0 fully saturated rings. The van der Waals surface area contributed by atoms with Crippen molar-refractivity contribution in [1.29, 1.82) is 0 Å². The molecule has 0 aliphatic heterocycles. The third-order valence-electron chi connectivity index (χ3n) is 2.85. The van der Waals surface area contributed by atoms with E-state index in [4.69, 9.17) is 21.1 Å². The van der Waals surface area contributed by atoms with Crippen molar-refractivity contribution in [2.75, 3.05) is 19.5 Å². The highest BCUT2D eigenvalue weighted by molar-refractivity contribution is 9.10. The molecule has 110 valence electrons. The third kappa shape index (κ3) is 3.49. The van der Waals surface area contributed by atoms with E-state index < -0.39 is 0 Å². The number of hydrogen-bond acceptors (Lipinski definition) is 3. The first-order valence-electron chi connectivity index (χ1n) is 6.04. The van der Waals surface area contributed by atoms with E-state index in [-0.39, 0.29) is 5.91 Å². The van der Waals surface area contributed by atoms with E-state index in [0.717, 1.165) is 0 Å². The van der Waals surface area contributed by atoms with Crippen molar-refractivity contribution in [1.82, 2.24) is 0 Å². The van der Waals surface area contributed by atoms with Crippen LogP contribution in [0.4, 0.5) is 5.69 Å². The predicted molar refractivity (Wildman–Crippen MR) is 86.7 cm³/mol. The Morgan fingerprint density at radius 1 is 1.19 bits per heavy atom. The van der Waals surface area contributed by atoms with Crippen LogP contribution in [0.1, 0.15) is 10.4 Å². The zero-order chi connectivity index (χ0) is 15.4. The molecule has 21 heavy (non-hydrogen) atoms. The topological polar surface area (TPSA) is 47.6 Å². The SMILES string of the molecule is COc1ccc(OC)c(NC(=O)c2cccc(Br)c2Cl)c1. The normalized spacial score (nSPS) is 10.1. The van der Waals surface area contributed by atoms with Gasteiger partial charge in [0.25, 0.3) is 5.91 Å². The first-order chi connectivity index (χ1) is 10.1. The number of amides is 1. The zero-order valence-corrected chi connectivity index (χ0v) is 13.8. The lowest BCUT2D eigenvalue weighted by Crippen LogP contribution is -2.13. The number of methoxy groups -OCH3 is 2. The maximum atomic E-state index is 12.3. The smallest absolute Gasteiger partial charge is 0.257 e. The summed E-state index contributed by atoms with van der Waals surface area (Å²) in [7, 11) is 3.09. The Labute approximate surface area is 136 Å². The summed E-state index contributed by atoms with van der Waals surface area (Å²) in [5.74, 6) is 0.828. The van der Waals surface area contributed by atoms with Crippen molar-refractivity contribution in [2.45, 2.75) is 0 Å². The number of benzene rings is 2. The molecule has 0 aromatic heterocycles. The van der Waals surface area contributed by atoms with Gasteiger partial charge in [0.05, 0.1) is 30.5 Å². The van der Waals surface area contributed by atoms with Crippen molar-refractivity contribution in [3.8, 4) is 11.5 Å². The molecule has 0 saturated heterocycles. The first kappa shape index (κ1) is 15.7. The summed E-state index contributed by atoms with van der Waals surface area (Å²) >= 11 is 9.42. The molecule has 2 rings (SSSR count). The molecule has 1 amide bonds. The van der Waals surface area contributed by atoms with Gasteiger partial charge in [-0.05, 0) is 40.2 Å². The summed E-state index contributed by atoms with van der Waals surface area (Å²) < 4.78 is 11.0. The summed E-state index contributed by atoms with van der Waals surface area (Å²) in [5.41, 5.74) is 0.883. The quantitative estimate of drug-likeness (QED) is 0.869. The summed E-state index contributed by atoms with van der Waals surface area (Å²) in [6.07, 6.45) is 0. The standard InChI is InChI=1S/C15H13BrClNO3/c1-20-9-6-7-13(21-2)12(8-9)18-15(19)10-4-3-5-11(16)14(10)17/h3-8H,1-2H3,(H,18,19). The lowest BCUT2D eigenvalue weighted by molar-refractivity contribution is 0.102. The van der Waals surface area contributed by atoms with Gasteiger partial charge in [-0.15, -0.1) is 0 Å². The van der Waals surface area contributed by atoms with Crippen molar-refractivity contribution >= 4 is 39.1 Å². The van der Waals surface area contributed by atoms with Crippen LogP contribution < -0.4 is 14.8 Å². The summed E-state index contributed by atoms with van der Waals surface area (Å²) in [5, 5.41) is 3.13. The Bertz CT molecular complexity index is 676. The largest absolute Gasteiger partial charge is 0.497 e. The molecule has 0 saturated carbocycles. The molecule has 0 unspecified atom stereocenters. The van der Waals surface area contributed by atoms with Gasteiger partial charge in [0.2, 0.25) is 0 Å². The molecule has 4 nitrogen and oxygen atoms in total. The predicted octanol–water partition coefficient (Wildman–Crippen LogP) is 4.37. The molecule has 6 heteroatoms. The summed E-state index contributed by atoms with van der Waals surface area (Å²) in [6.45, 7) is 0. The molecule has 0 atom stereocenters. The van der Waals surface area contributed by atoms with Gasteiger partial charge in [-0.25, -0.2) is 0 Å². The Balaban J connectivity index is 2.33. The van der Waals surface area contributed by atoms with Crippen LogP contribution in [0.2, 0.25) is 5.02 Å². The first-order valence-corrected chi connectivity index (χ1v) is 7.21. The fraction of sp³-hybridized carbons (Fsp3) is 0.133. The molecule has 2 aromatic carbocycles. The Morgan fingerprint density at radius 2 is 1.95 bits per heavy atom. The van der Waals surface area contributed by atoms with Gasteiger partial charge in [-0.1, -0.05) is 17.7 Å². The molecule has 0 bridgehead atoms. The van der Waals surface area contributed by atoms with Gasteiger partial charge in [-0.2, -0.15) is 0 Å². The average Bonchev–Trinajstić information content (AvgIpc) is 2.49. The van der Waals surface area contributed by atoms with E-state index in [1.807, 2.05) is 0 Å². The van der Waals surface area contributed by atoms with Crippen molar-refractivity contribution in [3.05, 3.63) is 51.5 Å². The molecule has 0 spiro atoms. The van der Waals surface area contributed by atoms with Crippen LogP contribution in [0.3, 0.4) is 0 Å². The minimum absolute atomic E-state index is 0.326. The highest BCUT2D eigenvalue weighted by atomic mass is 79.9. The fourth-order valence-electron chi connectivity index (χ4n) is 1.78. The second-order valence-electron chi connectivity index (χ2n) is 4.12. The molecule has 0 radical (unpaired) electrons. The lowest BCUT2D eigenvalue weighted by atomic mass is 10.2. The number of ether oxygens (including phenoxy) is 2. The number of hydrogen-bond donors (Lipinski definition) is 1. The molecular weight excluding hydrogens is 358 g/mol. The van der Waals surface area contributed by atoms with Crippen LogP contribution in [0.25, 0.3) is 0 Å². The number of nitrogens with one attached hydrogen (secondary N) is 1. The average molecular weight is 371 g/mol. The van der Waals surface area contributed by atoms with Crippen LogP contribution >= 0.6 is 27.5 Å². The van der Waals surface area contributed by atoms with Crippen LogP contribution in [-0.2, 0) is 0 Å². The molecule has 0 aliphatic carbocycles. The van der Waals surface area contributed by atoms with Crippen molar-refractivity contribution < 1.29 is 14.3 Å². The van der Waals surface area contributed by atoms with E-state index in [0.29, 0.717) is 32.2 Å². The number of rotatable bonds is 4. The van der Waals surface area contributed by atoms with E-state index >= 15 is 0 Å². The monoisotopic (exact) mass is 369 g/mol. The van der Waals surface area contributed by atoms with E-state index in [2.05, 4.69) is 21.2 Å². The van der Waals surface area contributed by atoms with Gasteiger partial charge in [0, 0.05) is 10.5 Å². The van der Waals surface area contributed by atoms with Gasteiger partial charge in [0.1, 0.15) is 11.5 Å². The molecule has 0 heterocycles. The second-order valence-corrected chi connectivity index (χ2v) is 5.35. The van der Waals surface area contributed by atoms with E-state index in [9.17, 15) is 4.79 Å². The van der Waals surface area contributed by atoms with Gasteiger partial charge in [0.15, 0.2) is 0 Å². The zero-order valence-electron chi connectivity index (χ0n) is 11.4. The van der Waals surface area contributed by atoms with Crippen molar-refractivity contribution in [2.24, 2.45) is 0 Å². The van der Waals surface area contributed by atoms with Gasteiger partial charge < -0.3 is 14.8 Å². The number of carbonyl (C=O) groups excluding carboxylic acids is 1. The fourth-order valence-corrected chi connectivity index (χ4v) is 2.36. The minimum atomic E-state index is -0.326. The number of carbonyl (C=O) groups is 1. The van der Waals surface area contributed by atoms with Gasteiger partial charge in [-0.3, -0.25) is 4.79 Å². The summed E-state index contributed by atoms with van der Waals surface area (Å²) in [6, 6.07) is 10.3. The Morgan fingerprint density at radius 3 is 2.62 bits per heavy atom. The number of anilines is 1. The van der Waals surface area contributed by atoms with Crippen LogP contribution in [0.15, 0.2) is 40.9 Å². The van der Waals surface area contributed by atoms with Crippen molar-refractivity contribution in [3.63, 3.8) is 0 Å². The Kier molecular flexibility index (Phi) is 5.09. The van der Waals surface area contributed by atoms with Crippen LogP contribution in [-0.4, -0.2) is 20.1 Å². The van der Waals surface area contributed by atoms with Gasteiger partial charge >= 0.3 is 0 Å². The molecule has 1 N–H and O–H groups in total. The van der Waals surface area contributed by atoms with E-state index in [1.54, 1.807) is 43.5 Å². The summed E-state index contributed by atoms with van der Waals surface area (Å²) in [4.78, 5) is 12.3. The van der Waals surface area contributed by atoms with Crippen LogP contribution in [0.5, 0.6) is 11.5 Å². The lowest BCUT2D eigenvalue weighted by Gasteiger charge is -2.12. The Hall–Kier alpha value is -1.72. The van der Waals surface area contributed by atoms with Crippen LogP contribution in [0, 0.1) is 0 Å². The molecule has 0 aliphatic rings. The highest BCUT2D eigenvalue weighted by Crippen LogP contribution is 2.31. The second kappa shape index (κ2) is 6.83. The maximum absolute atomic E-state index is 12.3. The highest BCUT2D eigenvalue weighted by Gasteiger charge is 2.15. The van der Waals surface area contributed by atoms with E-state index in [1.165, 1.54) is 7.11 Å².